The van der Waals surface area contributed by atoms with E-state index in [1.54, 1.807) is 36.4 Å². The lowest BCUT2D eigenvalue weighted by Crippen LogP contribution is -2.41. The first-order valence-corrected chi connectivity index (χ1v) is 14.7. The monoisotopic (exact) mass is 538 g/mol. The van der Waals surface area contributed by atoms with Gasteiger partial charge in [-0.15, -0.1) is 0 Å². The van der Waals surface area contributed by atoms with Crippen LogP contribution in [0.4, 0.5) is 17.4 Å². The van der Waals surface area contributed by atoms with E-state index in [2.05, 4.69) is 0 Å². The SMILES string of the molecule is NC(=O)C1(CCCC[P+]2(F)OCC3(CCCCC3)CO2)c2ccccc2-c2c(CC(F)(F)F)cccc21. The largest absolute Gasteiger partial charge is 0.467 e. The molecule has 0 aromatic heterocycles. The number of carbonyl (C=O) groups is 1. The van der Waals surface area contributed by atoms with Gasteiger partial charge < -0.3 is 5.73 Å². The molecule has 1 amide bonds. The lowest BCUT2D eigenvalue weighted by molar-refractivity contribution is -0.127. The number of alkyl halides is 3. The molecule has 200 valence electrons. The standard InChI is InChI=1S/C28H32F4NO3P/c29-28(30,31)17-20-9-8-12-23-24(20)21-10-2-3-11-22(21)27(23,25(33)34)15-6-7-16-37(32)35-18-26(19-36-37)13-4-1-5-14-26/h2-3,8-12H,1,4-7,13-19H2,(H-,33,34)/p+1. The zero-order valence-corrected chi connectivity index (χ0v) is 21.7. The number of hydrogen-bond acceptors (Lipinski definition) is 3. The highest BCUT2D eigenvalue weighted by atomic mass is 31.2. The fourth-order valence-corrected chi connectivity index (χ4v) is 8.34. The molecule has 3 aliphatic rings. The number of primary amides is 1. The Hall–Kier alpha value is -2.02. The number of rotatable bonds is 7. The van der Waals surface area contributed by atoms with E-state index in [0.717, 1.165) is 25.7 Å². The first-order chi connectivity index (χ1) is 17.6. The highest BCUT2D eigenvalue weighted by molar-refractivity contribution is 7.61. The van der Waals surface area contributed by atoms with Crippen molar-refractivity contribution in [3.63, 3.8) is 0 Å². The Morgan fingerprint density at radius 1 is 0.946 bits per heavy atom. The highest BCUT2D eigenvalue weighted by Crippen LogP contribution is 2.68. The van der Waals surface area contributed by atoms with Gasteiger partial charge in [0.05, 0.1) is 11.8 Å². The van der Waals surface area contributed by atoms with E-state index in [0.29, 0.717) is 48.3 Å². The molecule has 9 heteroatoms. The summed E-state index contributed by atoms with van der Waals surface area (Å²) in [5.41, 5.74) is 6.92. The first-order valence-electron chi connectivity index (χ1n) is 13.0. The van der Waals surface area contributed by atoms with E-state index in [-0.39, 0.29) is 23.6 Å². The summed E-state index contributed by atoms with van der Waals surface area (Å²) >= 11 is 0. The van der Waals surface area contributed by atoms with Crippen molar-refractivity contribution in [1.29, 1.82) is 0 Å². The Morgan fingerprint density at radius 2 is 1.62 bits per heavy atom. The number of halogens is 4. The predicted molar refractivity (Wildman–Crippen MR) is 136 cm³/mol. The highest BCUT2D eigenvalue weighted by Gasteiger charge is 2.54. The van der Waals surface area contributed by atoms with Gasteiger partial charge in [-0.05, 0) is 59.9 Å². The van der Waals surface area contributed by atoms with Gasteiger partial charge in [0.25, 0.3) is 0 Å². The van der Waals surface area contributed by atoms with Crippen molar-refractivity contribution < 1.29 is 31.2 Å². The van der Waals surface area contributed by atoms with Crippen LogP contribution in [-0.4, -0.2) is 31.5 Å². The van der Waals surface area contributed by atoms with E-state index >= 15 is 4.20 Å². The topological polar surface area (TPSA) is 61.6 Å². The summed E-state index contributed by atoms with van der Waals surface area (Å²) < 4.78 is 66.9. The van der Waals surface area contributed by atoms with Crippen molar-refractivity contribution in [2.75, 3.05) is 19.4 Å². The molecule has 2 N–H and O–H groups in total. The van der Waals surface area contributed by atoms with E-state index < -0.39 is 31.9 Å². The van der Waals surface area contributed by atoms with Crippen molar-refractivity contribution in [2.24, 2.45) is 11.1 Å². The van der Waals surface area contributed by atoms with Gasteiger partial charge in [-0.25, -0.2) is 0 Å². The van der Waals surface area contributed by atoms with Crippen molar-refractivity contribution >= 4 is 13.9 Å². The third-order valence-corrected chi connectivity index (χ3v) is 10.2. The number of amides is 1. The van der Waals surface area contributed by atoms with Crippen molar-refractivity contribution in [2.45, 2.75) is 69.4 Å². The third-order valence-electron chi connectivity index (χ3n) is 8.35. The number of fused-ring (bicyclic) bond motifs is 3. The smallest absolute Gasteiger partial charge is 0.369 e. The summed E-state index contributed by atoms with van der Waals surface area (Å²) in [5.74, 6) is -0.614. The van der Waals surface area contributed by atoms with Crippen LogP contribution in [0.1, 0.15) is 68.1 Å². The van der Waals surface area contributed by atoms with Crippen LogP contribution in [0.3, 0.4) is 0 Å². The minimum atomic E-state index is -4.39. The molecule has 5 rings (SSSR count). The van der Waals surface area contributed by atoms with Gasteiger partial charge >= 0.3 is 14.2 Å². The second kappa shape index (κ2) is 9.94. The van der Waals surface area contributed by atoms with Crippen LogP contribution >= 0.6 is 8.03 Å². The lowest BCUT2D eigenvalue weighted by atomic mass is 9.73. The molecule has 2 aromatic carbocycles. The predicted octanol–water partition coefficient (Wildman–Crippen LogP) is 7.44. The molecule has 1 aliphatic heterocycles. The first kappa shape index (κ1) is 26.6. The van der Waals surface area contributed by atoms with E-state index in [1.165, 1.54) is 12.5 Å². The zero-order chi connectivity index (χ0) is 26.3. The zero-order valence-electron chi connectivity index (χ0n) is 20.8. The molecule has 0 bridgehead atoms. The van der Waals surface area contributed by atoms with Gasteiger partial charge in [-0.1, -0.05) is 61.7 Å². The van der Waals surface area contributed by atoms with Crippen LogP contribution in [0, 0.1) is 5.41 Å². The fraction of sp³-hybridized carbons (Fsp3) is 0.536. The quantitative estimate of drug-likeness (QED) is 0.226. The Bertz CT molecular complexity index is 1150. The number of benzene rings is 2. The molecule has 2 aromatic rings. The summed E-state index contributed by atoms with van der Waals surface area (Å²) in [6.07, 6.45) is 1.22. The fourth-order valence-electron chi connectivity index (χ4n) is 6.47. The van der Waals surface area contributed by atoms with Gasteiger partial charge in [0.15, 0.2) is 0 Å². The molecule has 1 heterocycles. The Labute approximate surface area is 215 Å². The van der Waals surface area contributed by atoms with Gasteiger partial charge in [-0.2, -0.15) is 22.2 Å². The van der Waals surface area contributed by atoms with Gasteiger partial charge in [0.1, 0.15) is 19.4 Å². The lowest BCUT2D eigenvalue weighted by Gasteiger charge is -2.39. The molecule has 2 aliphatic carbocycles. The summed E-state index contributed by atoms with van der Waals surface area (Å²) in [6.45, 7) is 0.788. The minimum Gasteiger partial charge on any atom is -0.369 e. The Morgan fingerprint density at radius 3 is 2.30 bits per heavy atom. The molecule has 1 unspecified atom stereocenters. The molecule has 1 spiro atoms. The third kappa shape index (κ3) is 5.05. The molecule has 1 saturated carbocycles. The summed E-state index contributed by atoms with van der Waals surface area (Å²) in [5, 5.41) is 0. The van der Waals surface area contributed by atoms with Gasteiger partial charge in [0, 0.05) is 9.61 Å². The molecule has 0 radical (unpaired) electrons. The van der Waals surface area contributed by atoms with E-state index in [4.69, 9.17) is 14.8 Å². The molecular formula is C28H33F4NO3P+. The van der Waals surface area contributed by atoms with Gasteiger partial charge in [-0.3, -0.25) is 4.79 Å². The number of carbonyl (C=O) groups excluding carboxylic acids is 1. The van der Waals surface area contributed by atoms with Gasteiger partial charge in [0.2, 0.25) is 5.91 Å². The van der Waals surface area contributed by atoms with E-state index in [9.17, 15) is 18.0 Å². The van der Waals surface area contributed by atoms with Crippen molar-refractivity contribution in [1.82, 2.24) is 0 Å². The Kier molecular flexibility index (Phi) is 7.14. The maximum Gasteiger partial charge on any atom is 0.467 e. The van der Waals surface area contributed by atoms with Crippen LogP contribution in [0.15, 0.2) is 42.5 Å². The normalized spacial score (nSPS) is 24.0. The maximum absolute atomic E-state index is 15.4. The van der Waals surface area contributed by atoms with Crippen molar-refractivity contribution in [3.05, 3.63) is 59.2 Å². The Balaban J connectivity index is 1.34. The molecule has 1 saturated heterocycles. The average molecular weight is 539 g/mol. The molecule has 37 heavy (non-hydrogen) atoms. The molecular weight excluding hydrogens is 505 g/mol. The second-order valence-corrected chi connectivity index (χ2v) is 13.0. The summed E-state index contributed by atoms with van der Waals surface area (Å²) in [6, 6.07) is 11.7. The molecule has 1 atom stereocenters. The molecule has 4 nitrogen and oxygen atoms in total. The summed E-state index contributed by atoms with van der Waals surface area (Å²) in [4.78, 5) is 13.1. The second-order valence-electron chi connectivity index (χ2n) is 10.8. The van der Waals surface area contributed by atoms with Crippen LogP contribution in [0.25, 0.3) is 11.1 Å². The number of hydrogen-bond donors (Lipinski definition) is 1. The van der Waals surface area contributed by atoms with Crippen LogP contribution < -0.4 is 5.73 Å². The van der Waals surface area contributed by atoms with Crippen LogP contribution in [-0.2, 0) is 25.7 Å². The number of unbranched alkanes of at least 4 members (excludes halogenated alkanes) is 1. The van der Waals surface area contributed by atoms with E-state index in [1.807, 2.05) is 0 Å². The number of nitrogens with two attached hydrogens (primary N) is 1. The average Bonchev–Trinajstić information content (AvgIpc) is 3.16. The van der Waals surface area contributed by atoms with Crippen LogP contribution in [0.2, 0.25) is 0 Å². The maximum atomic E-state index is 15.4. The molecule has 2 fully saturated rings. The minimum absolute atomic E-state index is 0.0603. The van der Waals surface area contributed by atoms with Crippen molar-refractivity contribution in [3.8, 4) is 11.1 Å². The summed E-state index contributed by atoms with van der Waals surface area (Å²) in [7, 11) is -3.47. The van der Waals surface area contributed by atoms with Crippen LogP contribution in [0.5, 0.6) is 0 Å².